The van der Waals surface area contributed by atoms with Gasteiger partial charge in [-0.15, -0.1) is 0 Å². The lowest BCUT2D eigenvalue weighted by molar-refractivity contribution is -0.139. The number of amides is 1. The maximum Gasteiger partial charge on any atom is 0.226 e. The fraction of sp³-hybridized carbons (Fsp3) is 0.923. The van der Waals surface area contributed by atoms with Crippen LogP contribution in [0.5, 0.6) is 0 Å². The summed E-state index contributed by atoms with van der Waals surface area (Å²) in [5.74, 6) is 0.926. The summed E-state index contributed by atoms with van der Waals surface area (Å²) in [6.45, 7) is 6.84. The van der Waals surface area contributed by atoms with E-state index in [2.05, 4.69) is 18.7 Å². The van der Waals surface area contributed by atoms with E-state index in [0.29, 0.717) is 17.9 Å². The molecule has 3 unspecified atom stereocenters. The molecule has 2 fully saturated rings. The SMILES string of the molecule is CC(C(=O)N1CCCC1C)C1CCCOC1. The lowest BCUT2D eigenvalue weighted by Gasteiger charge is -2.31. The van der Waals surface area contributed by atoms with Crippen LogP contribution in [0, 0.1) is 11.8 Å². The number of carbonyl (C=O) groups excluding carboxylic acids is 1. The van der Waals surface area contributed by atoms with Gasteiger partial charge in [-0.25, -0.2) is 0 Å². The van der Waals surface area contributed by atoms with Crippen LogP contribution in [-0.2, 0) is 9.53 Å². The fourth-order valence-corrected chi connectivity index (χ4v) is 2.88. The normalized spacial score (nSPS) is 32.8. The molecule has 3 heteroatoms. The highest BCUT2D eigenvalue weighted by Crippen LogP contribution is 2.27. The van der Waals surface area contributed by atoms with E-state index in [1.165, 1.54) is 12.8 Å². The summed E-state index contributed by atoms with van der Waals surface area (Å²) < 4.78 is 5.47. The highest BCUT2D eigenvalue weighted by atomic mass is 16.5. The Hall–Kier alpha value is -0.570. The Morgan fingerprint density at radius 2 is 2.19 bits per heavy atom. The summed E-state index contributed by atoms with van der Waals surface area (Å²) >= 11 is 0. The second kappa shape index (κ2) is 5.17. The molecule has 2 aliphatic rings. The summed E-state index contributed by atoms with van der Waals surface area (Å²) in [4.78, 5) is 14.4. The number of likely N-dealkylation sites (tertiary alicyclic amines) is 1. The number of carbonyl (C=O) groups is 1. The first-order valence-electron chi connectivity index (χ1n) is 6.58. The summed E-state index contributed by atoms with van der Waals surface area (Å²) in [6, 6.07) is 0.444. The van der Waals surface area contributed by atoms with Gasteiger partial charge in [0.1, 0.15) is 0 Å². The third-order valence-electron chi connectivity index (χ3n) is 4.13. The second-order valence-corrected chi connectivity index (χ2v) is 5.29. The van der Waals surface area contributed by atoms with Crippen molar-refractivity contribution in [2.45, 2.75) is 45.6 Å². The molecule has 3 atom stereocenters. The van der Waals surface area contributed by atoms with Gasteiger partial charge in [-0.3, -0.25) is 4.79 Å². The Kier molecular flexibility index (Phi) is 3.85. The molecular weight excluding hydrogens is 202 g/mol. The van der Waals surface area contributed by atoms with Crippen molar-refractivity contribution >= 4 is 5.91 Å². The number of hydrogen-bond donors (Lipinski definition) is 0. The lowest BCUT2D eigenvalue weighted by atomic mass is 9.88. The average Bonchev–Trinajstić information content (AvgIpc) is 2.75. The van der Waals surface area contributed by atoms with Crippen LogP contribution in [0.2, 0.25) is 0 Å². The molecule has 2 aliphatic heterocycles. The minimum Gasteiger partial charge on any atom is -0.381 e. The fourth-order valence-electron chi connectivity index (χ4n) is 2.88. The first kappa shape index (κ1) is 11.9. The van der Waals surface area contributed by atoms with Crippen LogP contribution >= 0.6 is 0 Å². The van der Waals surface area contributed by atoms with Gasteiger partial charge >= 0.3 is 0 Å². The Morgan fingerprint density at radius 1 is 1.38 bits per heavy atom. The van der Waals surface area contributed by atoms with Gasteiger partial charge < -0.3 is 9.64 Å². The van der Waals surface area contributed by atoms with Crippen molar-refractivity contribution in [2.24, 2.45) is 11.8 Å². The topological polar surface area (TPSA) is 29.5 Å². The second-order valence-electron chi connectivity index (χ2n) is 5.29. The molecule has 92 valence electrons. The van der Waals surface area contributed by atoms with Crippen molar-refractivity contribution < 1.29 is 9.53 Å². The Balaban J connectivity index is 1.92. The summed E-state index contributed by atoms with van der Waals surface area (Å²) in [5.41, 5.74) is 0. The van der Waals surface area contributed by atoms with Crippen molar-refractivity contribution in [2.75, 3.05) is 19.8 Å². The summed E-state index contributed by atoms with van der Waals surface area (Å²) in [7, 11) is 0. The predicted octanol–water partition coefficient (Wildman–Crippen LogP) is 2.06. The Morgan fingerprint density at radius 3 is 2.75 bits per heavy atom. The quantitative estimate of drug-likeness (QED) is 0.720. The predicted molar refractivity (Wildman–Crippen MR) is 63.1 cm³/mol. The molecular formula is C13H23NO2. The van der Waals surface area contributed by atoms with Crippen LogP contribution in [0.25, 0.3) is 0 Å². The molecule has 2 saturated heterocycles. The van der Waals surface area contributed by atoms with Crippen LogP contribution < -0.4 is 0 Å². The van der Waals surface area contributed by atoms with Gasteiger partial charge in [-0.1, -0.05) is 6.92 Å². The third-order valence-corrected chi connectivity index (χ3v) is 4.13. The zero-order chi connectivity index (χ0) is 11.5. The molecule has 3 nitrogen and oxygen atoms in total. The van der Waals surface area contributed by atoms with Crippen molar-refractivity contribution in [3.05, 3.63) is 0 Å². The van der Waals surface area contributed by atoms with E-state index in [4.69, 9.17) is 4.74 Å². The molecule has 0 bridgehead atoms. The molecule has 0 aromatic rings. The smallest absolute Gasteiger partial charge is 0.226 e. The average molecular weight is 225 g/mol. The molecule has 0 spiro atoms. The van der Waals surface area contributed by atoms with E-state index in [9.17, 15) is 4.79 Å². The maximum absolute atomic E-state index is 12.3. The van der Waals surface area contributed by atoms with Gasteiger partial charge in [0, 0.05) is 25.1 Å². The lowest BCUT2D eigenvalue weighted by Crippen LogP contribution is -2.41. The summed E-state index contributed by atoms with van der Waals surface area (Å²) in [5, 5.41) is 0. The molecule has 1 amide bonds. The van der Waals surface area contributed by atoms with Crippen molar-refractivity contribution in [3.63, 3.8) is 0 Å². The van der Waals surface area contributed by atoms with Crippen LogP contribution in [0.3, 0.4) is 0 Å². The molecule has 0 radical (unpaired) electrons. The molecule has 0 aromatic carbocycles. The van der Waals surface area contributed by atoms with Gasteiger partial charge in [0.2, 0.25) is 5.91 Å². The first-order chi connectivity index (χ1) is 7.70. The molecule has 2 heterocycles. The van der Waals surface area contributed by atoms with E-state index in [-0.39, 0.29) is 5.92 Å². The van der Waals surface area contributed by atoms with Crippen LogP contribution in [0.4, 0.5) is 0 Å². The van der Waals surface area contributed by atoms with Gasteiger partial charge in [0.05, 0.1) is 6.61 Å². The number of rotatable bonds is 2. The largest absolute Gasteiger partial charge is 0.381 e. The zero-order valence-electron chi connectivity index (χ0n) is 10.4. The van der Waals surface area contributed by atoms with Gasteiger partial charge in [0.15, 0.2) is 0 Å². The zero-order valence-corrected chi connectivity index (χ0v) is 10.4. The standard InChI is InChI=1S/C13H23NO2/c1-10-5-3-7-14(10)13(15)11(2)12-6-4-8-16-9-12/h10-12H,3-9H2,1-2H3. The van der Waals surface area contributed by atoms with E-state index in [1.54, 1.807) is 0 Å². The molecule has 0 aromatic heterocycles. The van der Waals surface area contributed by atoms with E-state index < -0.39 is 0 Å². The van der Waals surface area contributed by atoms with Crippen molar-refractivity contribution in [1.29, 1.82) is 0 Å². The van der Waals surface area contributed by atoms with Gasteiger partial charge in [0.25, 0.3) is 0 Å². The third kappa shape index (κ3) is 2.40. The van der Waals surface area contributed by atoms with E-state index in [1.807, 2.05) is 0 Å². The van der Waals surface area contributed by atoms with E-state index in [0.717, 1.165) is 32.6 Å². The first-order valence-corrected chi connectivity index (χ1v) is 6.58. The van der Waals surface area contributed by atoms with Gasteiger partial charge in [-0.2, -0.15) is 0 Å². The molecule has 0 saturated carbocycles. The van der Waals surface area contributed by atoms with Crippen LogP contribution in [0.1, 0.15) is 39.5 Å². The highest BCUT2D eigenvalue weighted by Gasteiger charge is 2.33. The Labute approximate surface area is 98.1 Å². The van der Waals surface area contributed by atoms with Crippen LogP contribution in [0.15, 0.2) is 0 Å². The highest BCUT2D eigenvalue weighted by molar-refractivity contribution is 5.79. The van der Waals surface area contributed by atoms with Crippen molar-refractivity contribution in [3.8, 4) is 0 Å². The molecule has 0 aliphatic carbocycles. The number of ether oxygens (including phenoxy) is 1. The van der Waals surface area contributed by atoms with Gasteiger partial charge in [-0.05, 0) is 38.5 Å². The number of nitrogens with zero attached hydrogens (tertiary/aromatic N) is 1. The molecule has 0 N–H and O–H groups in total. The minimum absolute atomic E-state index is 0.140. The van der Waals surface area contributed by atoms with E-state index >= 15 is 0 Å². The molecule has 16 heavy (non-hydrogen) atoms. The summed E-state index contributed by atoms with van der Waals surface area (Å²) in [6.07, 6.45) is 4.59. The monoisotopic (exact) mass is 225 g/mol. The Bertz CT molecular complexity index is 248. The number of hydrogen-bond acceptors (Lipinski definition) is 2. The van der Waals surface area contributed by atoms with Crippen molar-refractivity contribution in [1.82, 2.24) is 4.90 Å². The minimum atomic E-state index is 0.140. The maximum atomic E-state index is 12.3. The molecule has 2 rings (SSSR count). The van der Waals surface area contributed by atoms with Crippen LogP contribution in [-0.4, -0.2) is 36.6 Å².